The lowest BCUT2D eigenvalue weighted by atomic mass is 10.2. The van der Waals surface area contributed by atoms with Crippen molar-refractivity contribution >= 4 is 38.3 Å². The Labute approximate surface area is 126 Å². The number of rotatable bonds is 4. The molecule has 0 aliphatic carbocycles. The lowest BCUT2D eigenvalue weighted by Gasteiger charge is -2.05. The van der Waals surface area contributed by atoms with Gasteiger partial charge in [-0.05, 0) is 35.9 Å². The van der Waals surface area contributed by atoms with Crippen LogP contribution in [0.1, 0.15) is 5.56 Å². The number of nitrogens with zero attached hydrogens (tertiary/aromatic N) is 1. The minimum Gasteiger partial charge on any atom is -0.497 e. The smallest absolute Gasteiger partial charge is 0.184 e. The molecule has 0 unspecified atom stereocenters. The molecule has 0 atom stereocenters. The van der Waals surface area contributed by atoms with Crippen molar-refractivity contribution in [3.8, 4) is 5.75 Å². The molecule has 0 radical (unpaired) electrons. The highest BCUT2D eigenvalue weighted by molar-refractivity contribution is 7.22. The predicted octanol–water partition coefficient (Wildman–Crippen LogP) is 4.57. The van der Waals surface area contributed by atoms with Gasteiger partial charge < -0.3 is 10.1 Å². The van der Waals surface area contributed by atoms with E-state index in [1.807, 2.05) is 36.4 Å². The van der Waals surface area contributed by atoms with Crippen molar-refractivity contribution in [3.05, 3.63) is 53.1 Å². The van der Waals surface area contributed by atoms with Crippen molar-refractivity contribution in [1.82, 2.24) is 4.98 Å². The second-order valence-corrected chi connectivity index (χ2v) is 5.80. The molecule has 1 N–H and O–H groups in total. The number of methoxy groups -OCH3 is 1. The van der Waals surface area contributed by atoms with Gasteiger partial charge in [0.2, 0.25) is 0 Å². The first-order valence-corrected chi connectivity index (χ1v) is 7.37. The first-order valence-electron chi connectivity index (χ1n) is 6.17. The number of hydrogen-bond acceptors (Lipinski definition) is 4. The van der Waals surface area contributed by atoms with Crippen molar-refractivity contribution in [2.24, 2.45) is 0 Å². The molecule has 0 bridgehead atoms. The first kappa shape index (κ1) is 13.2. The van der Waals surface area contributed by atoms with E-state index in [0.717, 1.165) is 31.7 Å². The number of ether oxygens (including phenoxy) is 1. The number of benzene rings is 2. The van der Waals surface area contributed by atoms with Crippen LogP contribution in [0.2, 0.25) is 5.02 Å². The summed E-state index contributed by atoms with van der Waals surface area (Å²) in [5.41, 5.74) is 2.12. The molecular formula is C15H13ClN2OS. The summed E-state index contributed by atoms with van der Waals surface area (Å²) in [7, 11) is 1.67. The van der Waals surface area contributed by atoms with E-state index in [1.54, 1.807) is 18.4 Å². The third kappa shape index (κ3) is 2.86. The summed E-state index contributed by atoms with van der Waals surface area (Å²) < 4.78 is 6.30. The molecule has 0 amide bonds. The summed E-state index contributed by atoms with van der Waals surface area (Å²) in [6, 6.07) is 13.7. The maximum absolute atomic E-state index is 5.98. The zero-order valence-electron chi connectivity index (χ0n) is 10.9. The fourth-order valence-corrected chi connectivity index (χ4v) is 3.07. The fraction of sp³-hybridized carbons (Fsp3) is 0.133. The number of halogens is 1. The molecule has 3 rings (SSSR count). The van der Waals surface area contributed by atoms with Gasteiger partial charge in [0.15, 0.2) is 5.13 Å². The van der Waals surface area contributed by atoms with Gasteiger partial charge >= 0.3 is 0 Å². The Morgan fingerprint density at radius 1 is 1.25 bits per heavy atom. The Kier molecular flexibility index (Phi) is 3.76. The van der Waals surface area contributed by atoms with Crippen molar-refractivity contribution in [2.75, 3.05) is 12.4 Å². The summed E-state index contributed by atoms with van der Waals surface area (Å²) in [5.74, 6) is 0.861. The number of hydrogen-bond donors (Lipinski definition) is 1. The van der Waals surface area contributed by atoms with Gasteiger partial charge in [-0.15, -0.1) is 0 Å². The second-order valence-electron chi connectivity index (χ2n) is 4.34. The number of fused-ring (bicyclic) bond motifs is 1. The third-order valence-electron chi connectivity index (χ3n) is 2.93. The van der Waals surface area contributed by atoms with E-state index in [2.05, 4.69) is 16.4 Å². The third-order valence-corrected chi connectivity index (χ3v) is 4.14. The lowest BCUT2D eigenvalue weighted by molar-refractivity contribution is 0.414. The molecule has 102 valence electrons. The highest BCUT2D eigenvalue weighted by Gasteiger charge is 2.04. The van der Waals surface area contributed by atoms with E-state index < -0.39 is 0 Å². The Hall–Kier alpha value is -1.78. The van der Waals surface area contributed by atoms with Crippen molar-refractivity contribution in [3.63, 3.8) is 0 Å². The number of anilines is 1. The molecule has 20 heavy (non-hydrogen) atoms. The largest absolute Gasteiger partial charge is 0.497 e. The van der Waals surface area contributed by atoms with Crippen LogP contribution in [-0.2, 0) is 6.54 Å². The zero-order chi connectivity index (χ0) is 13.9. The lowest BCUT2D eigenvalue weighted by Crippen LogP contribution is -1.98. The van der Waals surface area contributed by atoms with E-state index in [9.17, 15) is 0 Å². The molecule has 3 nitrogen and oxygen atoms in total. The van der Waals surface area contributed by atoms with E-state index in [0.29, 0.717) is 6.54 Å². The average Bonchev–Trinajstić information content (AvgIpc) is 2.87. The number of aromatic nitrogens is 1. The van der Waals surface area contributed by atoms with Crippen LogP contribution in [0.15, 0.2) is 42.5 Å². The summed E-state index contributed by atoms with van der Waals surface area (Å²) in [5, 5.41) is 4.96. The molecule has 1 aromatic heterocycles. The van der Waals surface area contributed by atoms with Gasteiger partial charge in [-0.2, -0.15) is 0 Å². The van der Waals surface area contributed by atoms with Gasteiger partial charge in [-0.3, -0.25) is 0 Å². The van der Waals surface area contributed by atoms with Crippen molar-refractivity contribution in [2.45, 2.75) is 6.54 Å². The van der Waals surface area contributed by atoms with Gasteiger partial charge in [0.1, 0.15) is 5.75 Å². The van der Waals surface area contributed by atoms with Gasteiger partial charge in [-0.1, -0.05) is 35.1 Å². The van der Waals surface area contributed by atoms with E-state index >= 15 is 0 Å². The average molecular weight is 305 g/mol. The predicted molar refractivity (Wildman–Crippen MR) is 85.0 cm³/mol. The van der Waals surface area contributed by atoms with Crippen LogP contribution in [0, 0.1) is 0 Å². The number of nitrogens with one attached hydrogen (secondary N) is 1. The Morgan fingerprint density at radius 3 is 3.00 bits per heavy atom. The maximum atomic E-state index is 5.98. The molecule has 0 aliphatic rings. The quantitative estimate of drug-likeness (QED) is 0.766. The topological polar surface area (TPSA) is 34.1 Å². The fourth-order valence-electron chi connectivity index (χ4n) is 1.93. The summed E-state index contributed by atoms with van der Waals surface area (Å²) >= 11 is 7.58. The maximum Gasteiger partial charge on any atom is 0.184 e. The minimum absolute atomic E-state index is 0.713. The molecule has 2 aromatic carbocycles. The van der Waals surface area contributed by atoms with Gasteiger partial charge in [0.25, 0.3) is 0 Å². The van der Waals surface area contributed by atoms with Gasteiger partial charge in [0.05, 0.1) is 17.3 Å². The van der Waals surface area contributed by atoms with Crippen molar-refractivity contribution < 1.29 is 4.74 Å². The van der Waals surface area contributed by atoms with Crippen LogP contribution < -0.4 is 10.1 Å². The van der Waals surface area contributed by atoms with Crippen LogP contribution in [-0.4, -0.2) is 12.1 Å². The zero-order valence-corrected chi connectivity index (χ0v) is 12.5. The first-order chi connectivity index (χ1) is 9.74. The molecule has 0 aliphatic heterocycles. The summed E-state index contributed by atoms with van der Waals surface area (Å²) in [4.78, 5) is 4.53. The molecule has 0 saturated heterocycles. The van der Waals surface area contributed by atoms with Crippen LogP contribution in [0.3, 0.4) is 0 Å². The molecule has 0 fully saturated rings. The van der Waals surface area contributed by atoms with E-state index in [-0.39, 0.29) is 0 Å². The normalized spacial score (nSPS) is 10.7. The highest BCUT2D eigenvalue weighted by Crippen LogP contribution is 2.28. The molecule has 0 spiro atoms. The molecule has 3 aromatic rings. The Bertz CT molecular complexity index is 742. The molecule has 1 heterocycles. The van der Waals surface area contributed by atoms with Crippen molar-refractivity contribution in [1.29, 1.82) is 0 Å². The van der Waals surface area contributed by atoms with E-state index in [1.165, 1.54) is 0 Å². The van der Waals surface area contributed by atoms with Gasteiger partial charge in [-0.25, -0.2) is 4.98 Å². The van der Waals surface area contributed by atoms with Gasteiger partial charge in [0, 0.05) is 11.6 Å². The Balaban J connectivity index is 1.76. The molecule has 5 heteroatoms. The van der Waals surface area contributed by atoms with Crippen LogP contribution in [0.4, 0.5) is 5.13 Å². The molecule has 0 saturated carbocycles. The summed E-state index contributed by atoms with van der Waals surface area (Å²) in [6.45, 7) is 0.713. The Morgan fingerprint density at radius 2 is 2.15 bits per heavy atom. The van der Waals surface area contributed by atoms with E-state index in [4.69, 9.17) is 16.3 Å². The molecular weight excluding hydrogens is 292 g/mol. The summed E-state index contributed by atoms with van der Waals surface area (Å²) in [6.07, 6.45) is 0. The standard InChI is InChI=1S/C15H13ClN2OS/c1-19-12-4-2-3-10(7-12)9-17-15-18-13-6-5-11(16)8-14(13)20-15/h2-8H,9H2,1H3,(H,17,18). The second kappa shape index (κ2) is 5.69. The minimum atomic E-state index is 0.713. The highest BCUT2D eigenvalue weighted by atomic mass is 35.5. The monoisotopic (exact) mass is 304 g/mol. The van der Waals surface area contributed by atoms with Crippen LogP contribution in [0.25, 0.3) is 10.2 Å². The SMILES string of the molecule is COc1cccc(CNc2nc3ccc(Cl)cc3s2)c1. The number of thiazole rings is 1. The van der Waals surface area contributed by atoms with Crippen LogP contribution >= 0.6 is 22.9 Å². The van der Waals surface area contributed by atoms with Crippen LogP contribution in [0.5, 0.6) is 5.75 Å².